The van der Waals surface area contributed by atoms with Crippen LogP contribution in [-0.2, 0) is 0 Å². The van der Waals surface area contributed by atoms with Crippen LogP contribution in [0.25, 0.3) is 0 Å². The van der Waals surface area contributed by atoms with E-state index in [4.69, 9.17) is 0 Å². The second kappa shape index (κ2) is 5.34. The molecule has 0 spiro atoms. The van der Waals surface area contributed by atoms with Crippen LogP contribution < -0.4 is 10.4 Å². The Labute approximate surface area is 124 Å². The van der Waals surface area contributed by atoms with Crippen molar-refractivity contribution < 1.29 is 0 Å². The molecule has 0 saturated carbocycles. The highest BCUT2D eigenvalue weighted by Crippen LogP contribution is 2.35. The lowest BCUT2D eigenvalue weighted by atomic mass is 10.4. The van der Waals surface area contributed by atoms with Gasteiger partial charge in [-0.1, -0.05) is 108 Å². The van der Waals surface area contributed by atoms with Gasteiger partial charge in [-0.3, -0.25) is 0 Å². The van der Waals surface area contributed by atoms with E-state index in [-0.39, 0.29) is 0 Å². The van der Waals surface area contributed by atoms with E-state index in [1.807, 2.05) is 0 Å². The summed E-state index contributed by atoms with van der Waals surface area (Å²) in [4.78, 5) is 0. The molecule has 0 bridgehead atoms. The Morgan fingerprint density at radius 2 is 1.00 bits per heavy atom. The van der Waals surface area contributed by atoms with Crippen molar-refractivity contribution >= 4 is 26.5 Å². The molecule has 0 unspecified atom stereocenters. The third-order valence-corrected chi connectivity index (χ3v) is 14.4. The van der Waals surface area contributed by atoms with Gasteiger partial charge in [-0.2, -0.15) is 0 Å². The Bertz CT molecular complexity index is 509. The third-order valence-electron chi connectivity index (χ3n) is 5.11. The molecule has 0 radical (unpaired) electrons. The van der Waals surface area contributed by atoms with E-state index in [9.17, 15) is 0 Å². The van der Waals surface area contributed by atoms with Gasteiger partial charge in [0, 0.05) is 8.07 Å². The average molecular weight is 297 g/mol. The fourth-order valence-corrected chi connectivity index (χ4v) is 16.1. The molecule has 2 heteroatoms. The zero-order valence-electron chi connectivity index (χ0n) is 12.6. The number of hydrogen-bond acceptors (Lipinski definition) is 0. The summed E-state index contributed by atoms with van der Waals surface area (Å²) >= 11 is 0. The van der Waals surface area contributed by atoms with E-state index in [1.54, 1.807) is 10.4 Å². The molecule has 1 heterocycles. The van der Waals surface area contributed by atoms with E-state index in [0.717, 1.165) is 0 Å². The molecular formula is C18H24Si2. The lowest BCUT2D eigenvalue weighted by Gasteiger charge is -2.42. The molecule has 0 amide bonds. The van der Waals surface area contributed by atoms with Gasteiger partial charge in [0.25, 0.3) is 0 Å². The average Bonchev–Trinajstić information content (AvgIpc) is 2.50. The van der Waals surface area contributed by atoms with Gasteiger partial charge in [-0.25, -0.2) is 0 Å². The van der Waals surface area contributed by atoms with Crippen molar-refractivity contribution in [1.82, 2.24) is 0 Å². The molecule has 2 aromatic rings. The molecule has 0 atom stereocenters. The summed E-state index contributed by atoms with van der Waals surface area (Å²) < 4.78 is 0. The molecule has 0 aromatic heterocycles. The van der Waals surface area contributed by atoms with Gasteiger partial charge in [-0.05, 0) is 0 Å². The monoisotopic (exact) mass is 296 g/mol. The Morgan fingerprint density at radius 1 is 0.600 bits per heavy atom. The highest BCUT2D eigenvalue weighted by Gasteiger charge is 2.43. The zero-order valence-corrected chi connectivity index (χ0v) is 14.6. The summed E-state index contributed by atoms with van der Waals surface area (Å²) in [5, 5.41) is 3.30. The van der Waals surface area contributed by atoms with Crippen molar-refractivity contribution in [3.8, 4) is 0 Å². The second-order valence-electron chi connectivity index (χ2n) is 6.98. The van der Waals surface area contributed by atoms with Crippen LogP contribution >= 0.6 is 0 Å². The zero-order chi connectivity index (χ0) is 14.1. The molecule has 2 aromatic carbocycles. The highest BCUT2D eigenvalue weighted by atomic mass is 28.3. The maximum atomic E-state index is 2.57. The molecule has 1 aliphatic heterocycles. The Morgan fingerprint density at radius 3 is 1.40 bits per heavy atom. The van der Waals surface area contributed by atoms with Crippen molar-refractivity contribution in [2.45, 2.75) is 37.3 Å². The summed E-state index contributed by atoms with van der Waals surface area (Å²) in [6.45, 7) is 5.14. The molecule has 104 valence electrons. The van der Waals surface area contributed by atoms with E-state index in [1.165, 1.54) is 24.2 Å². The van der Waals surface area contributed by atoms with Crippen LogP contribution in [0.2, 0.25) is 37.3 Å². The molecule has 20 heavy (non-hydrogen) atoms. The SMILES string of the molecule is C[Si]1(C)CC[Si](c2ccccc2)(c2ccccc2)CC1. The number of benzene rings is 2. The molecule has 0 aliphatic carbocycles. The van der Waals surface area contributed by atoms with Crippen molar-refractivity contribution in [3.05, 3.63) is 60.7 Å². The standard InChI is InChI=1S/C18H24Si2/c1-19(2)13-15-20(16-14-19,17-9-5-3-6-10-17)18-11-7-4-8-12-18/h3-12H,13-16H2,1-2H3. The Kier molecular flexibility index (Phi) is 3.69. The maximum Gasteiger partial charge on any atom is 0.117 e. The van der Waals surface area contributed by atoms with Gasteiger partial charge in [0.2, 0.25) is 0 Å². The summed E-state index contributed by atoms with van der Waals surface area (Å²) in [7, 11) is -2.40. The second-order valence-corrected chi connectivity index (χ2v) is 16.6. The lowest BCUT2D eigenvalue weighted by Crippen LogP contribution is -2.61. The van der Waals surface area contributed by atoms with E-state index in [0.29, 0.717) is 0 Å². The molecule has 1 saturated heterocycles. The first kappa shape index (κ1) is 13.8. The predicted molar refractivity (Wildman–Crippen MR) is 94.6 cm³/mol. The van der Waals surface area contributed by atoms with Gasteiger partial charge in [0.1, 0.15) is 8.07 Å². The quantitative estimate of drug-likeness (QED) is 0.736. The van der Waals surface area contributed by atoms with Crippen LogP contribution in [-0.4, -0.2) is 16.1 Å². The van der Waals surface area contributed by atoms with E-state index < -0.39 is 16.1 Å². The Balaban J connectivity index is 2.06. The fourth-order valence-electron chi connectivity index (χ4n) is 3.61. The molecule has 0 N–H and O–H groups in total. The molecule has 0 nitrogen and oxygen atoms in total. The smallest absolute Gasteiger partial charge is 0.0694 e. The van der Waals surface area contributed by atoms with Gasteiger partial charge in [-0.15, -0.1) is 0 Å². The van der Waals surface area contributed by atoms with Crippen LogP contribution in [0.15, 0.2) is 60.7 Å². The first-order valence-corrected chi connectivity index (χ1v) is 13.6. The predicted octanol–water partition coefficient (Wildman–Crippen LogP) is 3.97. The van der Waals surface area contributed by atoms with Gasteiger partial charge >= 0.3 is 0 Å². The molecule has 1 fully saturated rings. The molecular weight excluding hydrogens is 272 g/mol. The number of hydrogen-bond donors (Lipinski definition) is 0. The first-order chi connectivity index (χ1) is 9.62. The molecule has 1 aliphatic rings. The highest BCUT2D eigenvalue weighted by molar-refractivity contribution is 7.05. The summed E-state index contributed by atoms with van der Waals surface area (Å²) in [6.07, 6.45) is 0. The largest absolute Gasteiger partial charge is 0.117 e. The minimum absolute atomic E-state index is 0.910. The van der Waals surface area contributed by atoms with Crippen molar-refractivity contribution in [1.29, 1.82) is 0 Å². The maximum absolute atomic E-state index is 2.57. The lowest BCUT2D eigenvalue weighted by molar-refractivity contribution is 1.13. The van der Waals surface area contributed by atoms with Crippen LogP contribution in [0.5, 0.6) is 0 Å². The minimum Gasteiger partial charge on any atom is -0.0694 e. The fraction of sp³-hybridized carbons (Fsp3) is 0.333. The Hall–Kier alpha value is -1.13. The number of rotatable bonds is 2. The topological polar surface area (TPSA) is 0 Å². The third kappa shape index (κ3) is 2.54. The van der Waals surface area contributed by atoms with Crippen molar-refractivity contribution in [2.75, 3.05) is 0 Å². The van der Waals surface area contributed by atoms with E-state index in [2.05, 4.69) is 73.8 Å². The summed E-state index contributed by atoms with van der Waals surface area (Å²) in [6, 6.07) is 28.7. The summed E-state index contributed by atoms with van der Waals surface area (Å²) in [5.41, 5.74) is 0. The van der Waals surface area contributed by atoms with Crippen molar-refractivity contribution in [3.63, 3.8) is 0 Å². The van der Waals surface area contributed by atoms with Crippen LogP contribution in [0.1, 0.15) is 0 Å². The molecule has 3 rings (SSSR count). The summed E-state index contributed by atoms with van der Waals surface area (Å²) in [5.74, 6) is 0. The van der Waals surface area contributed by atoms with Gasteiger partial charge in [0.15, 0.2) is 0 Å². The minimum atomic E-state index is -1.49. The van der Waals surface area contributed by atoms with E-state index >= 15 is 0 Å². The van der Waals surface area contributed by atoms with Crippen LogP contribution in [0.3, 0.4) is 0 Å². The normalized spacial score (nSPS) is 20.5. The van der Waals surface area contributed by atoms with Gasteiger partial charge in [0.05, 0.1) is 0 Å². The first-order valence-electron chi connectivity index (χ1n) is 7.74. The van der Waals surface area contributed by atoms with Crippen LogP contribution in [0.4, 0.5) is 0 Å². The van der Waals surface area contributed by atoms with Crippen molar-refractivity contribution in [2.24, 2.45) is 0 Å². The van der Waals surface area contributed by atoms with Crippen LogP contribution in [0, 0.1) is 0 Å². The van der Waals surface area contributed by atoms with Gasteiger partial charge < -0.3 is 0 Å².